The average molecular weight is 340 g/mol. The fourth-order valence-corrected chi connectivity index (χ4v) is 1.97. The molecule has 0 saturated heterocycles. The molecule has 2 rings (SSSR count). The Morgan fingerprint density at radius 1 is 1.42 bits per heavy atom. The molecule has 10 heteroatoms. The van der Waals surface area contributed by atoms with Crippen LogP contribution in [0.5, 0.6) is 5.75 Å². The SMILES string of the molecule is C/C(=N\NC(=O)c1cc(C)n(C(F)F)n1)c1c(O)cc(C)oc1=O. The third-order valence-corrected chi connectivity index (χ3v) is 3.08. The molecule has 1 amide bonds. The summed E-state index contributed by atoms with van der Waals surface area (Å²) in [5.41, 5.74) is 0.881. The Morgan fingerprint density at radius 3 is 2.62 bits per heavy atom. The largest absolute Gasteiger partial charge is 0.507 e. The molecular weight excluding hydrogens is 326 g/mol. The van der Waals surface area contributed by atoms with Gasteiger partial charge >= 0.3 is 12.2 Å². The van der Waals surface area contributed by atoms with Crippen LogP contribution in [0.2, 0.25) is 0 Å². The molecule has 24 heavy (non-hydrogen) atoms. The third kappa shape index (κ3) is 3.47. The van der Waals surface area contributed by atoms with Crippen molar-refractivity contribution in [1.29, 1.82) is 0 Å². The molecule has 0 atom stereocenters. The molecule has 2 heterocycles. The van der Waals surface area contributed by atoms with Crippen LogP contribution in [-0.4, -0.2) is 26.5 Å². The van der Waals surface area contributed by atoms with Crippen LogP contribution < -0.4 is 11.1 Å². The molecule has 0 fully saturated rings. The van der Waals surface area contributed by atoms with Crippen molar-refractivity contribution < 1.29 is 23.1 Å². The molecule has 0 aliphatic heterocycles. The first-order chi connectivity index (χ1) is 11.2. The van der Waals surface area contributed by atoms with Crippen molar-refractivity contribution >= 4 is 11.6 Å². The number of aromatic hydroxyl groups is 1. The van der Waals surface area contributed by atoms with Crippen LogP contribution in [0.25, 0.3) is 0 Å². The van der Waals surface area contributed by atoms with Crippen molar-refractivity contribution in [2.45, 2.75) is 27.3 Å². The molecule has 0 radical (unpaired) electrons. The highest BCUT2D eigenvalue weighted by atomic mass is 19.3. The molecule has 0 bridgehead atoms. The molecule has 0 aliphatic carbocycles. The molecular formula is C14H14F2N4O4. The quantitative estimate of drug-likeness (QED) is 0.650. The second kappa shape index (κ2) is 6.60. The van der Waals surface area contributed by atoms with E-state index in [0.717, 1.165) is 0 Å². The van der Waals surface area contributed by atoms with Gasteiger partial charge in [-0.15, -0.1) is 0 Å². The monoisotopic (exact) mass is 340 g/mol. The summed E-state index contributed by atoms with van der Waals surface area (Å²) in [6.45, 7) is 1.36. The van der Waals surface area contributed by atoms with E-state index < -0.39 is 18.1 Å². The molecule has 128 valence electrons. The van der Waals surface area contributed by atoms with Gasteiger partial charge in [0.05, 0.1) is 5.71 Å². The van der Waals surface area contributed by atoms with Gasteiger partial charge in [0.25, 0.3) is 5.91 Å². The Morgan fingerprint density at radius 2 is 2.08 bits per heavy atom. The maximum atomic E-state index is 12.6. The second-order valence-electron chi connectivity index (χ2n) is 4.94. The maximum Gasteiger partial charge on any atom is 0.348 e. The van der Waals surface area contributed by atoms with Crippen LogP contribution in [0.3, 0.4) is 0 Å². The lowest BCUT2D eigenvalue weighted by molar-refractivity contribution is 0.0538. The number of amides is 1. The first-order valence-corrected chi connectivity index (χ1v) is 6.73. The van der Waals surface area contributed by atoms with E-state index in [-0.39, 0.29) is 34.2 Å². The topological polar surface area (TPSA) is 110 Å². The van der Waals surface area contributed by atoms with Crippen LogP contribution in [0.1, 0.15) is 41.0 Å². The Kier molecular flexibility index (Phi) is 4.77. The molecule has 2 N–H and O–H groups in total. The lowest BCUT2D eigenvalue weighted by Crippen LogP contribution is -2.22. The zero-order valence-corrected chi connectivity index (χ0v) is 13.0. The Labute approximate surface area is 134 Å². The lowest BCUT2D eigenvalue weighted by Gasteiger charge is -2.03. The van der Waals surface area contributed by atoms with E-state index in [4.69, 9.17) is 4.42 Å². The zero-order chi connectivity index (χ0) is 18.0. The highest BCUT2D eigenvalue weighted by Gasteiger charge is 2.17. The Bertz CT molecular complexity index is 870. The summed E-state index contributed by atoms with van der Waals surface area (Å²) in [7, 11) is 0. The van der Waals surface area contributed by atoms with Gasteiger partial charge in [0.2, 0.25) is 0 Å². The van der Waals surface area contributed by atoms with E-state index in [1.807, 2.05) is 0 Å². The number of nitrogens with zero attached hydrogens (tertiary/aromatic N) is 3. The van der Waals surface area contributed by atoms with Gasteiger partial charge in [-0.05, 0) is 26.8 Å². The molecule has 2 aromatic rings. The fourth-order valence-electron chi connectivity index (χ4n) is 1.97. The normalized spacial score (nSPS) is 11.8. The molecule has 0 aromatic carbocycles. The molecule has 0 unspecified atom stereocenters. The van der Waals surface area contributed by atoms with Crippen LogP contribution in [-0.2, 0) is 0 Å². The number of carbonyl (C=O) groups excluding carboxylic acids is 1. The highest BCUT2D eigenvalue weighted by molar-refractivity contribution is 6.01. The van der Waals surface area contributed by atoms with Gasteiger partial charge in [0.15, 0.2) is 5.69 Å². The highest BCUT2D eigenvalue weighted by Crippen LogP contribution is 2.15. The smallest absolute Gasteiger partial charge is 0.348 e. The summed E-state index contributed by atoms with van der Waals surface area (Å²) in [6, 6.07) is 2.40. The van der Waals surface area contributed by atoms with Crippen molar-refractivity contribution in [3.63, 3.8) is 0 Å². The van der Waals surface area contributed by atoms with E-state index in [2.05, 4.69) is 15.6 Å². The third-order valence-electron chi connectivity index (χ3n) is 3.08. The van der Waals surface area contributed by atoms with Crippen molar-refractivity contribution in [2.24, 2.45) is 5.10 Å². The zero-order valence-electron chi connectivity index (χ0n) is 13.0. The summed E-state index contributed by atoms with van der Waals surface area (Å²) >= 11 is 0. The standard InChI is InChI=1S/C14H14F2N4O4/c1-6-4-9(19-20(6)14(15)16)12(22)18-17-8(3)11-10(21)5-7(2)24-13(11)23/h4-5,14,21H,1-3H3,(H,18,22)/b17-8+. The van der Waals surface area contributed by atoms with Gasteiger partial charge in [0.1, 0.15) is 17.1 Å². The Balaban J connectivity index is 2.23. The van der Waals surface area contributed by atoms with Crippen LogP contribution in [0.4, 0.5) is 8.78 Å². The van der Waals surface area contributed by atoms with E-state index in [1.165, 1.54) is 32.9 Å². The number of nitrogens with one attached hydrogen (secondary N) is 1. The van der Waals surface area contributed by atoms with Crippen molar-refractivity contribution in [3.8, 4) is 5.75 Å². The second-order valence-corrected chi connectivity index (χ2v) is 4.94. The number of hydrogen-bond donors (Lipinski definition) is 2. The van der Waals surface area contributed by atoms with E-state index >= 15 is 0 Å². The fraction of sp³-hybridized carbons (Fsp3) is 0.286. The number of aryl methyl sites for hydroxylation is 2. The lowest BCUT2D eigenvalue weighted by atomic mass is 10.2. The van der Waals surface area contributed by atoms with Gasteiger partial charge in [0, 0.05) is 11.8 Å². The average Bonchev–Trinajstić information content (AvgIpc) is 2.86. The van der Waals surface area contributed by atoms with Gasteiger partial charge in [-0.1, -0.05) is 0 Å². The van der Waals surface area contributed by atoms with Gasteiger partial charge in [-0.3, -0.25) is 4.79 Å². The summed E-state index contributed by atoms with van der Waals surface area (Å²) in [6.07, 6.45) is 0. The predicted octanol–water partition coefficient (Wildman–Crippen LogP) is 1.71. The van der Waals surface area contributed by atoms with Gasteiger partial charge < -0.3 is 9.52 Å². The van der Waals surface area contributed by atoms with E-state index in [9.17, 15) is 23.5 Å². The van der Waals surface area contributed by atoms with E-state index in [1.54, 1.807) is 0 Å². The first kappa shape index (κ1) is 17.3. The molecule has 0 aliphatic rings. The Hall–Kier alpha value is -3.04. The minimum absolute atomic E-state index is 0.0142. The summed E-state index contributed by atoms with van der Waals surface area (Å²) in [5.74, 6) is -0.976. The number of hydrogen-bond acceptors (Lipinski definition) is 6. The van der Waals surface area contributed by atoms with Crippen LogP contribution in [0, 0.1) is 13.8 Å². The van der Waals surface area contributed by atoms with Gasteiger partial charge in [-0.25, -0.2) is 14.9 Å². The maximum absolute atomic E-state index is 12.6. The van der Waals surface area contributed by atoms with Crippen molar-refractivity contribution in [3.05, 3.63) is 45.3 Å². The minimum Gasteiger partial charge on any atom is -0.507 e. The van der Waals surface area contributed by atoms with Crippen LogP contribution in [0.15, 0.2) is 26.4 Å². The molecule has 2 aromatic heterocycles. The number of rotatable bonds is 4. The van der Waals surface area contributed by atoms with Crippen LogP contribution >= 0.6 is 0 Å². The predicted molar refractivity (Wildman–Crippen MR) is 79.3 cm³/mol. The molecule has 0 saturated carbocycles. The minimum atomic E-state index is -2.87. The number of halogens is 2. The number of aromatic nitrogens is 2. The molecule has 8 nitrogen and oxygen atoms in total. The first-order valence-electron chi connectivity index (χ1n) is 6.73. The van der Waals surface area contributed by atoms with Gasteiger partial charge in [-0.2, -0.15) is 19.0 Å². The number of alkyl halides is 2. The van der Waals surface area contributed by atoms with Crippen molar-refractivity contribution in [2.75, 3.05) is 0 Å². The number of carbonyl (C=O) groups is 1. The molecule has 0 spiro atoms. The summed E-state index contributed by atoms with van der Waals surface area (Å²) < 4.78 is 30.5. The summed E-state index contributed by atoms with van der Waals surface area (Å²) in [4.78, 5) is 23.6. The summed E-state index contributed by atoms with van der Waals surface area (Å²) in [5, 5.41) is 16.9. The van der Waals surface area contributed by atoms with Crippen molar-refractivity contribution in [1.82, 2.24) is 15.2 Å². The van der Waals surface area contributed by atoms with E-state index in [0.29, 0.717) is 4.68 Å². The number of hydrazone groups is 1.